The maximum absolute atomic E-state index is 12.3. The molecule has 0 aliphatic rings. The molecule has 0 aliphatic carbocycles. The molecular weight excluding hydrogens is 265 g/mol. The van der Waals surface area contributed by atoms with Crippen molar-refractivity contribution in [2.75, 3.05) is 6.54 Å². The fourth-order valence-corrected chi connectivity index (χ4v) is 0.965. The second-order valence-electron chi connectivity index (χ2n) is 5.12. The SMILES string of the molecule is C=CCCC(F)CC.CC(C)(C)OC(=O)NCC(=O)O. The zero-order valence-corrected chi connectivity index (χ0v) is 12.7. The molecule has 1 amide bonds. The van der Waals surface area contributed by atoms with Crippen molar-refractivity contribution in [3.63, 3.8) is 0 Å². The average molecular weight is 291 g/mol. The Kier molecular flexibility index (Phi) is 11.7. The van der Waals surface area contributed by atoms with Gasteiger partial charge in [-0.3, -0.25) is 4.79 Å². The highest BCUT2D eigenvalue weighted by atomic mass is 19.1. The molecule has 0 aromatic heterocycles. The highest BCUT2D eigenvalue weighted by Crippen LogP contribution is 2.06. The van der Waals surface area contributed by atoms with Crippen molar-refractivity contribution in [2.24, 2.45) is 0 Å². The quantitative estimate of drug-likeness (QED) is 0.736. The minimum Gasteiger partial charge on any atom is -0.480 e. The predicted octanol–water partition coefficient (Wildman–Crippen LogP) is 3.30. The van der Waals surface area contributed by atoms with Crippen LogP contribution >= 0.6 is 0 Å². The van der Waals surface area contributed by atoms with Gasteiger partial charge in [-0.15, -0.1) is 6.58 Å². The summed E-state index contributed by atoms with van der Waals surface area (Å²) in [6.07, 6.45) is 2.49. The van der Waals surface area contributed by atoms with E-state index in [1.54, 1.807) is 26.8 Å². The van der Waals surface area contributed by atoms with Crippen LogP contribution in [-0.4, -0.2) is 35.5 Å². The van der Waals surface area contributed by atoms with Gasteiger partial charge in [0, 0.05) is 0 Å². The second kappa shape index (κ2) is 11.3. The number of carboxylic acids is 1. The van der Waals surface area contributed by atoms with Crippen molar-refractivity contribution in [1.82, 2.24) is 5.32 Å². The van der Waals surface area contributed by atoms with E-state index in [1.165, 1.54) is 0 Å². The number of hydrogen-bond acceptors (Lipinski definition) is 3. The summed E-state index contributed by atoms with van der Waals surface area (Å²) in [6, 6.07) is 0. The Morgan fingerprint density at radius 3 is 2.35 bits per heavy atom. The van der Waals surface area contributed by atoms with Crippen LogP contribution in [0.4, 0.5) is 9.18 Å². The lowest BCUT2D eigenvalue weighted by molar-refractivity contribution is -0.136. The van der Waals surface area contributed by atoms with Crippen LogP contribution in [0, 0.1) is 0 Å². The molecule has 5 nitrogen and oxygen atoms in total. The Morgan fingerprint density at radius 2 is 2.00 bits per heavy atom. The Morgan fingerprint density at radius 1 is 1.45 bits per heavy atom. The molecule has 1 unspecified atom stereocenters. The van der Waals surface area contributed by atoms with Gasteiger partial charge >= 0.3 is 12.1 Å². The number of carbonyl (C=O) groups excluding carboxylic acids is 1. The average Bonchev–Trinajstić information content (AvgIpc) is 2.32. The summed E-state index contributed by atoms with van der Waals surface area (Å²) in [5, 5.41) is 10.3. The van der Waals surface area contributed by atoms with Crippen LogP contribution < -0.4 is 5.32 Å². The third kappa shape index (κ3) is 18.8. The first kappa shape index (κ1) is 20.7. The number of alkyl carbamates (subject to hydrolysis) is 1. The maximum Gasteiger partial charge on any atom is 0.408 e. The van der Waals surface area contributed by atoms with Gasteiger partial charge in [0.2, 0.25) is 0 Å². The lowest BCUT2D eigenvalue weighted by Crippen LogP contribution is -2.35. The molecular formula is C14H26FNO4. The highest BCUT2D eigenvalue weighted by Gasteiger charge is 2.16. The van der Waals surface area contributed by atoms with Crippen LogP contribution in [0.3, 0.4) is 0 Å². The molecule has 1 atom stereocenters. The summed E-state index contributed by atoms with van der Waals surface area (Å²) in [7, 11) is 0. The van der Waals surface area contributed by atoms with Crippen molar-refractivity contribution in [2.45, 2.75) is 58.7 Å². The van der Waals surface area contributed by atoms with E-state index in [1.807, 2.05) is 6.92 Å². The smallest absolute Gasteiger partial charge is 0.408 e. The van der Waals surface area contributed by atoms with Gasteiger partial charge in [0.1, 0.15) is 18.3 Å². The number of hydrogen-bond donors (Lipinski definition) is 2. The highest BCUT2D eigenvalue weighted by molar-refractivity contribution is 5.76. The molecule has 0 saturated heterocycles. The minimum absolute atomic E-state index is 0.422. The van der Waals surface area contributed by atoms with Crippen molar-refractivity contribution in [3.05, 3.63) is 12.7 Å². The van der Waals surface area contributed by atoms with E-state index in [0.29, 0.717) is 12.8 Å². The summed E-state index contributed by atoms with van der Waals surface area (Å²) in [5.41, 5.74) is -0.595. The van der Waals surface area contributed by atoms with E-state index in [0.717, 1.165) is 6.42 Å². The van der Waals surface area contributed by atoms with Gasteiger partial charge in [-0.1, -0.05) is 13.0 Å². The minimum atomic E-state index is -1.10. The fraction of sp³-hybridized carbons (Fsp3) is 0.714. The molecule has 0 rings (SSSR count). The Hall–Kier alpha value is -1.59. The van der Waals surface area contributed by atoms with Crippen molar-refractivity contribution in [3.8, 4) is 0 Å². The second-order valence-corrected chi connectivity index (χ2v) is 5.12. The van der Waals surface area contributed by atoms with E-state index >= 15 is 0 Å². The Balaban J connectivity index is 0. The molecule has 0 aliphatic heterocycles. The van der Waals surface area contributed by atoms with Crippen LogP contribution in [0.2, 0.25) is 0 Å². The van der Waals surface area contributed by atoms with Gasteiger partial charge in [0.15, 0.2) is 0 Å². The van der Waals surface area contributed by atoms with Crippen LogP contribution in [0.5, 0.6) is 0 Å². The van der Waals surface area contributed by atoms with Crippen LogP contribution in [-0.2, 0) is 9.53 Å². The third-order valence-electron chi connectivity index (χ3n) is 1.91. The normalized spacial score (nSPS) is 11.7. The van der Waals surface area contributed by atoms with E-state index in [4.69, 9.17) is 9.84 Å². The molecule has 0 heterocycles. The zero-order chi connectivity index (χ0) is 16.2. The fourth-order valence-electron chi connectivity index (χ4n) is 0.965. The number of allylic oxidation sites excluding steroid dienone is 1. The van der Waals surface area contributed by atoms with E-state index < -0.39 is 30.4 Å². The standard InChI is InChI=1S/C7H13F.C7H13NO4/c1-3-5-6-7(8)4-2;1-7(2,3)12-6(11)8-4-5(9)10/h3,7H,1,4-6H2,2H3;4H2,1-3H3,(H,8,11)(H,9,10). The zero-order valence-electron chi connectivity index (χ0n) is 12.7. The molecule has 0 fully saturated rings. The lowest BCUT2D eigenvalue weighted by atomic mass is 10.2. The molecule has 0 bridgehead atoms. The Bertz CT molecular complexity index is 300. The summed E-state index contributed by atoms with van der Waals surface area (Å²) in [5.74, 6) is -1.10. The molecule has 0 spiro atoms. The number of carboxylic acid groups (broad SMARTS) is 1. The number of rotatable bonds is 6. The van der Waals surface area contributed by atoms with Gasteiger partial charge in [-0.25, -0.2) is 9.18 Å². The third-order valence-corrected chi connectivity index (χ3v) is 1.91. The number of amides is 1. The number of nitrogens with one attached hydrogen (secondary N) is 1. The van der Waals surface area contributed by atoms with Crippen molar-refractivity contribution in [1.29, 1.82) is 0 Å². The van der Waals surface area contributed by atoms with E-state index in [2.05, 4.69) is 11.9 Å². The summed E-state index contributed by atoms with van der Waals surface area (Å²) in [6.45, 7) is 10.0. The molecule has 0 aromatic rings. The molecule has 118 valence electrons. The van der Waals surface area contributed by atoms with E-state index in [9.17, 15) is 14.0 Å². The number of aliphatic carboxylic acids is 1. The first-order chi connectivity index (χ1) is 9.12. The number of ether oxygens (including phenoxy) is 1. The topological polar surface area (TPSA) is 75.6 Å². The molecule has 6 heteroatoms. The maximum atomic E-state index is 12.3. The molecule has 20 heavy (non-hydrogen) atoms. The van der Waals surface area contributed by atoms with Gasteiger partial charge < -0.3 is 15.2 Å². The van der Waals surface area contributed by atoms with E-state index in [-0.39, 0.29) is 0 Å². The summed E-state index contributed by atoms with van der Waals surface area (Å²) < 4.78 is 17.0. The van der Waals surface area contributed by atoms with Gasteiger partial charge in [0.05, 0.1) is 0 Å². The Labute approximate surface area is 120 Å². The number of carbonyl (C=O) groups is 2. The van der Waals surface area contributed by atoms with Crippen LogP contribution in [0.1, 0.15) is 47.0 Å². The van der Waals surface area contributed by atoms with Gasteiger partial charge in [-0.2, -0.15) is 0 Å². The molecule has 2 N–H and O–H groups in total. The molecule has 0 saturated carbocycles. The first-order valence-corrected chi connectivity index (χ1v) is 6.56. The van der Waals surface area contributed by atoms with Gasteiger partial charge in [-0.05, 0) is 40.0 Å². The largest absolute Gasteiger partial charge is 0.480 e. The van der Waals surface area contributed by atoms with Crippen molar-refractivity contribution >= 4 is 12.1 Å². The summed E-state index contributed by atoms with van der Waals surface area (Å²) in [4.78, 5) is 20.8. The van der Waals surface area contributed by atoms with Crippen LogP contribution in [0.25, 0.3) is 0 Å². The molecule has 0 radical (unpaired) electrons. The number of alkyl halides is 1. The monoisotopic (exact) mass is 291 g/mol. The van der Waals surface area contributed by atoms with Crippen molar-refractivity contribution < 1.29 is 23.8 Å². The van der Waals surface area contributed by atoms with Crippen LogP contribution in [0.15, 0.2) is 12.7 Å². The van der Waals surface area contributed by atoms with Gasteiger partial charge in [0.25, 0.3) is 0 Å². The predicted molar refractivity (Wildman–Crippen MR) is 76.5 cm³/mol. The molecule has 0 aromatic carbocycles. The summed E-state index contributed by atoms with van der Waals surface area (Å²) >= 11 is 0. The first-order valence-electron chi connectivity index (χ1n) is 6.56. The lowest BCUT2D eigenvalue weighted by Gasteiger charge is -2.19. The number of halogens is 1.